The fraction of sp³-hybridized carbons (Fsp3) is 0.614. The van der Waals surface area contributed by atoms with E-state index in [1.54, 1.807) is 41.5 Å². The van der Waals surface area contributed by atoms with Gasteiger partial charge in [0, 0.05) is 57.4 Å². The Kier molecular flexibility index (Phi) is 48.1. The number of amides is 19. The van der Waals surface area contributed by atoms with Gasteiger partial charge < -0.3 is 138 Å². The van der Waals surface area contributed by atoms with Crippen LogP contribution in [0.3, 0.4) is 0 Å². The molecular weight excluding hydrogens is 1820 g/mol. The monoisotopic (exact) mass is 1950 g/mol. The van der Waals surface area contributed by atoms with E-state index in [0.29, 0.717) is 18.4 Å². The maximum absolute atomic E-state index is 14.8. The molecule has 48 nitrogen and oxygen atoms in total. The first-order valence-corrected chi connectivity index (χ1v) is 45.8. The van der Waals surface area contributed by atoms with Crippen LogP contribution in [0.15, 0.2) is 48.5 Å². The Morgan fingerprint density at radius 1 is 0.401 bits per heavy atom. The number of primary amides is 3. The number of thiol groups is 1. The van der Waals surface area contributed by atoms with Gasteiger partial charge in [0.15, 0.2) is 0 Å². The van der Waals surface area contributed by atoms with Crippen LogP contribution < -0.4 is 97.4 Å². The van der Waals surface area contributed by atoms with Crippen molar-refractivity contribution in [2.24, 2.45) is 52.5 Å². The van der Waals surface area contributed by atoms with Crippen molar-refractivity contribution >= 4 is 143 Å². The van der Waals surface area contributed by atoms with Gasteiger partial charge in [0.2, 0.25) is 112 Å². The maximum atomic E-state index is 14.8. The lowest BCUT2D eigenvalue weighted by molar-refractivity contribution is -0.152. The van der Waals surface area contributed by atoms with Crippen LogP contribution in [0.2, 0.25) is 0 Å². The molecule has 0 unspecified atom stereocenters. The average molecular weight is 1950 g/mol. The fourth-order valence-corrected chi connectivity index (χ4v) is 15.2. The third kappa shape index (κ3) is 39.1. The molecule has 49 heteroatoms. The van der Waals surface area contributed by atoms with Crippen LogP contribution >= 0.6 is 12.6 Å². The van der Waals surface area contributed by atoms with Gasteiger partial charge in [0.1, 0.15) is 102 Å². The van der Waals surface area contributed by atoms with Gasteiger partial charge in [-0.05, 0) is 129 Å². The number of benzene rings is 2. The number of aromatic hydroxyl groups is 2. The number of hydrogen-bond donors (Lipinski definition) is 25. The summed E-state index contributed by atoms with van der Waals surface area (Å²) >= 11 is 4.31. The molecule has 0 aromatic heterocycles. The number of carboxylic acids is 3. The summed E-state index contributed by atoms with van der Waals surface area (Å²) < 4.78 is 0. The van der Waals surface area contributed by atoms with E-state index in [1.165, 1.54) is 86.0 Å². The Bertz CT molecular complexity index is 4600. The largest absolute Gasteiger partial charge is 0.508 e. The highest BCUT2D eigenvalue weighted by Gasteiger charge is 2.46. The molecule has 2 aliphatic heterocycles. The Morgan fingerprint density at radius 3 is 1.21 bits per heavy atom. The van der Waals surface area contributed by atoms with E-state index in [9.17, 15) is 136 Å². The molecule has 0 radical (unpaired) electrons. The molecule has 2 heterocycles. The molecule has 0 bridgehead atoms. The molecular formula is C88H134N20O28S. The van der Waals surface area contributed by atoms with Crippen LogP contribution in [-0.4, -0.2) is 299 Å². The second kappa shape index (κ2) is 56.9. The Labute approximate surface area is 796 Å². The molecule has 2 saturated heterocycles. The predicted molar refractivity (Wildman–Crippen MR) is 490 cm³/mol. The number of phenols is 2. The summed E-state index contributed by atoms with van der Waals surface area (Å²) in [5, 5.41) is 93.9. The number of nitrogens with two attached hydrogens (primary N) is 4. The van der Waals surface area contributed by atoms with E-state index >= 15 is 0 Å². The zero-order valence-electron chi connectivity index (χ0n) is 78.3. The minimum atomic E-state index is -2.16. The summed E-state index contributed by atoms with van der Waals surface area (Å²) in [7, 11) is 0. The SMILES string of the molecule is CC[C@H](C)[C@H](NC(=O)[C@@H](NC(=O)[C@H](CS)NC(=O)[C@H](CCC(N)=O)NC(=O)[C@H](Cc1ccc(O)cc1)NC(=O)[C@H](CC(C)C)NC(=O)CNC(=O)[C@H](CO)NC(=O)[C@H](CC(=O)O)NC(=O)[C@H](CCC(=O)O)NC(=O)[C@@H](NC(=O)[C@H](CCC(N)=O)NC(=O)[C@@H](N)CC(C)C)C(C)C)C(C)C)C(=O)N[C@@H](Cc1ccc(O)cc1)C(=O)N[C@@H](CCC(N)=O)C(=O)N1CCC[C@H]1C(=O)N1CCC[C@H]1C(=O)O. The normalized spacial score (nSPS) is 16.8. The van der Waals surface area contributed by atoms with Gasteiger partial charge in [-0.25, -0.2) is 4.79 Å². The van der Waals surface area contributed by atoms with Crippen molar-refractivity contribution in [3.05, 3.63) is 59.7 Å². The molecule has 4 rings (SSSR count). The number of nitrogens with zero attached hydrogens (tertiary/aromatic N) is 2. The van der Waals surface area contributed by atoms with Crippen molar-refractivity contribution < 1.29 is 136 Å². The van der Waals surface area contributed by atoms with E-state index < -0.39 is 321 Å². The first-order chi connectivity index (χ1) is 64.3. The number of aliphatic hydroxyl groups is 1. The van der Waals surface area contributed by atoms with Crippen LogP contribution in [0, 0.1) is 29.6 Å². The van der Waals surface area contributed by atoms with Gasteiger partial charge in [-0.3, -0.25) is 101 Å². The van der Waals surface area contributed by atoms with Crippen LogP contribution in [0.4, 0.5) is 0 Å². The lowest BCUT2D eigenvalue weighted by atomic mass is 9.95. The second-order valence-corrected chi connectivity index (χ2v) is 35.8. The Balaban J connectivity index is 1.55. The van der Waals surface area contributed by atoms with E-state index in [4.69, 9.17) is 22.9 Å². The van der Waals surface area contributed by atoms with Gasteiger partial charge in [0.05, 0.1) is 25.6 Å². The third-order valence-electron chi connectivity index (χ3n) is 22.6. The van der Waals surface area contributed by atoms with Crippen LogP contribution in [0.1, 0.15) is 183 Å². The van der Waals surface area contributed by atoms with Gasteiger partial charge >= 0.3 is 17.9 Å². The van der Waals surface area contributed by atoms with Crippen LogP contribution in [0.5, 0.6) is 11.5 Å². The molecule has 0 spiro atoms. The summed E-state index contributed by atoms with van der Waals surface area (Å²) in [6.07, 6.45) is -4.91. The number of aliphatic hydroxyl groups excluding tert-OH is 1. The summed E-state index contributed by atoms with van der Waals surface area (Å²) in [4.78, 5) is 302. The van der Waals surface area contributed by atoms with Crippen molar-refractivity contribution in [2.75, 3.05) is 32.0 Å². The number of carbonyl (C=O) groups excluding carboxylic acids is 19. The summed E-state index contributed by atoms with van der Waals surface area (Å²) in [5.41, 5.74) is 23.1. The summed E-state index contributed by atoms with van der Waals surface area (Å²) in [6.45, 7) is 14.0. The van der Waals surface area contributed by atoms with Crippen molar-refractivity contribution in [1.29, 1.82) is 0 Å². The third-order valence-corrected chi connectivity index (χ3v) is 23.0. The maximum Gasteiger partial charge on any atom is 0.326 e. The first kappa shape index (κ1) is 116. The van der Waals surface area contributed by atoms with E-state index in [2.05, 4.69) is 81.7 Å². The molecule has 19 amide bonds. The standard InChI is InChI=1S/C88H134N20O28S/c1-11-46(10)72(85(132)101-58(37-48-18-22-50(111)23-19-48)80(127)98-55(26-30-66(92)114)86(133)107-32-12-14-62(107)87(134)108-33-13-15-63(108)88(135)136)106-84(131)71(45(8)9)105-82(129)61(41-137)103-76(123)52(24-28-64(90)112)96-79(126)57(36-47-16-20-49(110)21-17-47)99-78(125)56(35-43(4)5)94-67(115)39-93-74(121)60(40-109)102-81(128)59(38-69(118)119)100-75(122)54(27-31-68(116)117)97-83(130)70(44(6)7)104-77(124)53(25-29-65(91)113)95-73(120)51(89)34-42(2)3/h16-23,42-46,51-63,70-72,109-111,137H,11-15,24-41,89H2,1-10H3,(H2,90,112)(H2,91,113)(H2,92,114)(H,93,121)(H,94,115)(H,95,120)(H,96,126)(H,97,130)(H,98,127)(H,99,125)(H,100,122)(H,101,132)(H,102,128)(H,103,123)(H,104,124)(H,105,129)(H,106,131)(H,116,117)(H,118,119)(H,135,136)/t46-,51-,52-,53-,54-,55-,56-,57-,58-,59-,60-,61-,62-,63-,70-,71-,72-/m0/s1. The highest BCUT2D eigenvalue weighted by molar-refractivity contribution is 7.80. The minimum absolute atomic E-state index is 0.0241. The summed E-state index contributed by atoms with van der Waals surface area (Å²) in [5.74, 6) is -27.7. The highest BCUT2D eigenvalue weighted by Crippen LogP contribution is 2.27. The lowest BCUT2D eigenvalue weighted by Gasteiger charge is -2.33. The number of nitrogens with one attached hydrogen (secondary N) is 14. The van der Waals surface area contributed by atoms with Crippen molar-refractivity contribution in [1.82, 2.24) is 84.2 Å². The molecule has 137 heavy (non-hydrogen) atoms. The minimum Gasteiger partial charge on any atom is -0.508 e. The lowest BCUT2D eigenvalue weighted by Crippen LogP contribution is -2.62. The molecule has 760 valence electrons. The Morgan fingerprint density at radius 2 is 0.766 bits per heavy atom. The molecule has 17 atom stereocenters. The number of rotatable bonds is 59. The quantitative estimate of drug-likeness (QED) is 0.0274. The number of hydrogen-bond acceptors (Lipinski definition) is 27. The number of aliphatic carboxylic acids is 3. The molecule has 0 aliphatic carbocycles. The highest BCUT2D eigenvalue weighted by atomic mass is 32.1. The van der Waals surface area contributed by atoms with Crippen LogP contribution in [-0.2, 0) is 118 Å². The molecule has 2 aromatic carbocycles. The van der Waals surface area contributed by atoms with E-state index in [0.717, 1.165) is 0 Å². The summed E-state index contributed by atoms with van der Waals surface area (Å²) in [6, 6.07) is -14.6. The number of likely N-dealkylation sites (tertiary alicyclic amines) is 2. The number of carbonyl (C=O) groups is 22. The van der Waals surface area contributed by atoms with E-state index in [1.807, 2.05) is 5.32 Å². The number of phenolic OH excluding ortho intramolecular Hbond substituents is 2. The molecule has 2 aromatic rings. The van der Waals surface area contributed by atoms with E-state index in [-0.39, 0.29) is 87.4 Å². The van der Waals surface area contributed by atoms with Crippen molar-refractivity contribution in [3.63, 3.8) is 0 Å². The van der Waals surface area contributed by atoms with Crippen molar-refractivity contribution in [2.45, 2.75) is 281 Å². The van der Waals surface area contributed by atoms with Gasteiger partial charge in [0.25, 0.3) is 0 Å². The molecule has 28 N–H and O–H groups in total. The first-order valence-electron chi connectivity index (χ1n) is 45.2. The average Bonchev–Trinajstić information content (AvgIpc) is 1.65. The Hall–Kier alpha value is -13.3. The number of carboxylic acid groups (broad SMARTS) is 3. The fourth-order valence-electron chi connectivity index (χ4n) is 14.9. The molecule has 0 saturated carbocycles. The molecule has 2 aliphatic rings. The topological polar surface area (TPSA) is 776 Å². The molecule has 2 fully saturated rings. The van der Waals surface area contributed by atoms with Crippen LogP contribution in [0.25, 0.3) is 0 Å². The van der Waals surface area contributed by atoms with Gasteiger partial charge in [-0.1, -0.05) is 99.9 Å². The smallest absolute Gasteiger partial charge is 0.326 e. The zero-order valence-corrected chi connectivity index (χ0v) is 79.2. The zero-order chi connectivity index (χ0) is 103. The van der Waals surface area contributed by atoms with Crippen molar-refractivity contribution in [3.8, 4) is 11.5 Å². The van der Waals surface area contributed by atoms with Gasteiger partial charge in [-0.15, -0.1) is 0 Å². The van der Waals surface area contributed by atoms with Gasteiger partial charge in [-0.2, -0.15) is 12.6 Å². The predicted octanol–water partition coefficient (Wildman–Crippen LogP) is -5.80. The second-order valence-electron chi connectivity index (χ2n) is 35.5.